The van der Waals surface area contributed by atoms with Crippen LogP contribution in [0.1, 0.15) is 22.8 Å². The zero-order valence-electron chi connectivity index (χ0n) is 12.5. The van der Waals surface area contributed by atoms with Crippen molar-refractivity contribution in [3.05, 3.63) is 59.7 Å². The largest absolute Gasteiger partial charge is 0.491 e. The highest BCUT2D eigenvalue weighted by Crippen LogP contribution is 2.31. The minimum atomic E-state index is -0.963. The maximum Gasteiger partial charge on any atom is 0.339 e. The number of carboxylic acids is 1. The van der Waals surface area contributed by atoms with Gasteiger partial charge in [0.25, 0.3) is 0 Å². The van der Waals surface area contributed by atoms with Crippen LogP contribution in [0.4, 0.5) is 5.69 Å². The van der Waals surface area contributed by atoms with Crippen LogP contribution in [0.3, 0.4) is 0 Å². The van der Waals surface area contributed by atoms with Crippen molar-refractivity contribution in [2.75, 3.05) is 18.1 Å². The molecular weight excluding hydrogens is 278 g/mol. The Morgan fingerprint density at radius 2 is 1.95 bits per heavy atom. The van der Waals surface area contributed by atoms with Crippen LogP contribution >= 0.6 is 0 Å². The minimum absolute atomic E-state index is 0.206. The van der Waals surface area contributed by atoms with E-state index in [9.17, 15) is 4.79 Å². The number of nitrogens with zero attached hydrogens (tertiary/aromatic N) is 1. The molecule has 1 atom stereocenters. The molecule has 3 rings (SSSR count). The molecular formula is C18H19NO3. The van der Waals surface area contributed by atoms with E-state index >= 15 is 0 Å². The monoisotopic (exact) mass is 297 g/mol. The smallest absolute Gasteiger partial charge is 0.339 e. The quantitative estimate of drug-likeness (QED) is 0.920. The lowest BCUT2D eigenvalue weighted by molar-refractivity contribution is 0.0692. The van der Waals surface area contributed by atoms with E-state index in [0.29, 0.717) is 18.4 Å². The van der Waals surface area contributed by atoms with E-state index in [2.05, 4.69) is 30.0 Å². The molecule has 0 saturated carbocycles. The maximum absolute atomic E-state index is 11.2. The Kier molecular flexibility index (Phi) is 4.00. The number of ether oxygens (including phenoxy) is 1. The highest BCUT2D eigenvalue weighted by atomic mass is 16.5. The summed E-state index contributed by atoms with van der Waals surface area (Å²) >= 11 is 0. The highest BCUT2D eigenvalue weighted by Gasteiger charge is 2.25. The van der Waals surface area contributed by atoms with Gasteiger partial charge in [-0.3, -0.25) is 0 Å². The third kappa shape index (κ3) is 2.77. The van der Waals surface area contributed by atoms with Gasteiger partial charge in [-0.05, 0) is 37.1 Å². The summed E-state index contributed by atoms with van der Waals surface area (Å²) < 4.78 is 5.70. The Bertz CT molecular complexity index is 684. The minimum Gasteiger partial charge on any atom is -0.491 e. The number of fused-ring (bicyclic) bond motifs is 1. The number of rotatable bonds is 5. The summed E-state index contributed by atoms with van der Waals surface area (Å²) in [6, 6.07) is 15.6. The van der Waals surface area contributed by atoms with Gasteiger partial charge in [-0.25, -0.2) is 4.79 Å². The standard InChI is InChI=1S/C18H19NO3/c1-13-12-14-6-2-4-8-16(14)19(13)10-11-22-17-9-5-3-7-15(17)18(20)21/h2-9,13H,10-12H2,1H3,(H,20,21). The van der Waals surface area contributed by atoms with E-state index in [-0.39, 0.29) is 5.56 Å². The number of hydrogen-bond acceptors (Lipinski definition) is 3. The Morgan fingerprint density at radius 3 is 2.77 bits per heavy atom. The molecule has 1 unspecified atom stereocenters. The summed E-state index contributed by atoms with van der Waals surface area (Å²) in [5.41, 5.74) is 2.82. The third-order valence-corrected chi connectivity index (χ3v) is 4.06. The van der Waals surface area contributed by atoms with Gasteiger partial charge >= 0.3 is 5.97 Å². The fourth-order valence-corrected chi connectivity index (χ4v) is 2.99. The fraction of sp³-hybridized carbons (Fsp3) is 0.278. The highest BCUT2D eigenvalue weighted by molar-refractivity contribution is 5.90. The number of anilines is 1. The summed E-state index contributed by atoms with van der Waals surface area (Å²) in [4.78, 5) is 13.5. The van der Waals surface area contributed by atoms with Gasteiger partial charge in [-0.2, -0.15) is 0 Å². The molecule has 2 aromatic rings. The van der Waals surface area contributed by atoms with Gasteiger partial charge in [-0.1, -0.05) is 30.3 Å². The summed E-state index contributed by atoms with van der Waals surface area (Å²) in [5.74, 6) is -0.536. The van der Waals surface area contributed by atoms with Gasteiger partial charge in [0.15, 0.2) is 0 Å². The van der Waals surface area contributed by atoms with Crippen molar-refractivity contribution in [2.45, 2.75) is 19.4 Å². The van der Waals surface area contributed by atoms with Gasteiger partial charge in [0.05, 0.1) is 6.54 Å². The van der Waals surface area contributed by atoms with E-state index < -0.39 is 5.97 Å². The second kappa shape index (κ2) is 6.10. The SMILES string of the molecule is CC1Cc2ccccc2N1CCOc1ccccc1C(=O)O. The zero-order chi connectivity index (χ0) is 15.5. The van der Waals surface area contributed by atoms with Gasteiger partial charge in [-0.15, -0.1) is 0 Å². The van der Waals surface area contributed by atoms with Crippen molar-refractivity contribution >= 4 is 11.7 Å². The van der Waals surface area contributed by atoms with Crippen molar-refractivity contribution in [3.63, 3.8) is 0 Å². The van der Waals surface area contributed by atoms with Crippen LogP contribution in [0.25, 0.3) is 0 Å². The second-order valence-electron chi connectivity index (χ2n) is 5.53. The molecule has 0 radical (unpaired) electrons. The van der Waals surface area contributed by atoms with E-state index in [1.54, 1.807) is 24.3 Å². The lowest BCUT2D eigenvalue weighted by Gasteiger charge is -2.25. The molecule has 1 aliphatic rings. The molecule has 0 bridgehead atoms. The first-order valence-corrected chi connectivity index (χ1v) is 7.46. The lowest BCUT2D eigenvalue weighted by atomic mass is 10.1. The molecule has 22 heavy (non-hydrogen) atoms. The number of aromatic carboxylic acids is 1. The first-order chi connectivity index (χ1) is 10.7. The van der Waals surface area contributed by atoms with Crippen LogP contribution in [0.2, 0.25) is 0 Å². The third-order valence-electron chi connectivity index (χ3n) is 4.06. The number of carbonyl (C=O) groups is 1. The molecule has 4 heteroatoms. The molecule has 0 spiro atoms. The molecule has 4 nitrogen and oxygen atoms in total. The molecule has 0 aliphatic carbocycles. The molecule has 0 aromatic heterocycles. The Morgan fingerprint density at radius 1 is 1.23 bits per heavy atom. The van der Waals surface area contributed by atoms with Crippen molar-refractivity contribution < 1.29 is 14.6 Å². The van der Waals surface area contributed by atoms with Gasteiger partial charge in [0, 0.05) is 11.7 Å². The predicted molar refractivity (Wildman–Crippen MR) is 85.9 cm³/mol. The van der Waals surface area contributed by atoms with E-state index in [0.717, 1.165) is 13.0 Å². The molecule has 1 aliphatic heterocycles. The maximum atomic E-state index is 11.2. The van der Waals surface area contributed by atoms with Crippen LogP contribution < -0.4 is 9.64 Å². The average Bonchev–Trinajstić information content (AvgIpc) is 2.83. The first-order valence-electron chi connectivity index (χ1n) is 7.46. The molecule has 114 valence electrons. The summed E-state index contributed by atoms with van der Waals surface area (Å²) in [5, 5.41) is 9.16. The number of benzene rings is 2. The number of para-hydroxylation sites is 2. The topological polar surface area (TPSA) is 49.8 Å². The van der Waals surface area contributed by atoms with Crippen molar-refractivity contribution in [2.24, 2.45) is 0 Å². The van der Waals surface area contributed by atoms with Gasteiger partial charge < -0.3 is 14.7 Å². The van der Waals surface area contributed by atoms with Crippen LogP contribution in [-0.4, -0.2) is 30.3 Å². The molecule has 1 N–H and O–H groups in total. The Balaban J connectivity index is 1.66. The van der Waals surface area contributed by atoms with Crippen LogP contribution in [0.5, 0.6) is 5.75 Å². The molecule has 1 heterocycles. The lowest BCUT2D eigenvalue weighted by Crippen LogP contribution is -2.33. The van der Waals surface area contributed by atoms with Gasteiger partial charge in [0.2, 0.25) is 0 Å². The second-order valence-corrected chi connectivity index (χ2v) is 5.53. The van der Waals surface area contributed by atoms with Crippen molar-refractivity contribution in [1.82, 2.24) is 0 Å². The number of hydrogen-bond donors (Lipinski definition) is 1. The summed E-state index contributed by atoms with van der Waals surface area (Å²) in [6.45, 7) is 3.40. The Hall–Kier alpha value is -2.49. The fourth-order valence-electron chi connectivity index (χ4n) is 2.99. The molecule has 0 saturated heterocycles. The van der Waals surface area contributed by atoms with Crippen molar-refractivity contribution in [3.8, 4) is 5.75 Å². The number of carboxylic acid groups (broad SMARTS) is 1. The molecule has 2 aromatic carbocycles. The predicted octanol–water partition coefficient (Wildman–Crippen LogP) is 3.21. The van der Waals surface area contributed by atoms with Crippen LogP contribution in [-0.2, 0) is 6.42 Å². The average molecular weight is 297 g/mol. The molecule has 0 amide bonds. The van der Waals surface area contributed by atoms with E-state index in [1.165, 1.54) is 11.3 Å². The first kappa shape index (κ1) is 14.4. The van der Waals surface area contributed by atoms with Crippen LogP contribution in [0, 0.1) is 0 Å². The van der Waals surface area contributed by atoms with Crippen LogP contribution in [0.15, 0.2) is 48.5 Å². The Labute approximate surface area is 130 Å². The summed E-state index contributed by atoms with van der Waals surface area (Å²) in [7, 11) is 0. The van der Waals surface area contributed by atoms with Gasteiger partial charge in [0.1, 0.15) is 17.9 Å². The zero-order valence-corrected chi connectivity index (χ0v) is 12.5. The normalized spacial score (nSPS) is 16.4. The summed E-state index contributed by atoms with van der Waals surface area (Å²) in [6.07, 6.45) is 1.04. The molecule has 0 fully saturated rings. The van der Waals surface area contributed by atoms with Crippen molar-refractivity contribution in [1.29, 1.82) is 0 Å². The van der Waals surface area contributed by atoms with E-state index in [1.807, 2.05) is 6.07 Å². The van der Waals surface area contributed by atoms with E-state index in [4.69, 9.17) is 9.84 Å².